The van der Waals surface area contributed by atoms with Gasteiger partial charge in [-0.05, 0) is 36.5 Å². The number of phenolic OH excluding ortho intramolecular Hbond substituents is 1. The van der Waals surface area contributed by atoms with Crippen molar-refractivity contribution in [1.82, 2.24) is 0 Å². The number of phenols is 1. The number of benzene rings is 1. The highest BCUT2D eigenvalue weighted by Gasteiger charge is 2.28. The minimum absolute atomic E-state index is 0.00140. The fraction of sp³-hybridized carbons (Fsp3) is 0.600. The fourth-order valence-corrected chi connectivity index (χ4v) is 3.65. The molecule has 2 unspecified atom stereocenters. The number of hydrogen-bond donors (Lipinski definition) is 1. The highest BCUT2D eigenvalue weighted by molar-refractivity contribution is 8.01. The summed E-state index contributed by atoms with van der Waals surface area (Å²) in [6, 6.07) is 4.33. The maximum Gasteiger partial charge on any atom is 0.127 e. The molecule has 1 saturated heterocycles. The summed E-state index contributed by atoms with van der Waals surface area (Å²) < 4.78 is 19.3. The van der Waals surface area contributed by atoms with Crippen LogP contribution in [0.15, 0.2) is 18.2 Å². The van der Waals surface area contributed by atoms with Crippen LogP contribution in [0.1, 0.15) is 45.1 Å². The van der Waals surface area contributed by atoms with Gasteiger partial charge in [0.15, 0.2) is 0 Å². The lowest BCUT2D eigenvalue weighted by Crippen LogP contribution is -2.26. The van der Waals surface area contributed by atoms with E-state index in [0.717, 1.165) is 24.5 Å². The summed E-state index contributed by atoms with van der Waals surface area (Å²) in [5.74, 6) is -0.113. The average Bonchev–Trinajstić information content (AvgIpc) is 2.25. The monoisotopic (exact) mass is 284 g/mol. The van der Waals surface area contributed by atoms with Crippen LogP contribution in [-0.2, 0) is 4.74 Å². The van der Waals surface area contributed by atoms with Gasteiger partial charge in [0.05, 0.1) is 0 Å². The molecule has 0 amide bonds. The third-order valence-electron chi connectivity index (χ3n) is 3.11. The molecular weight excluding hydrogens is 263 g/mol. The summed E-state index contributed by atoms with van der Waals surface area (Å²) in [6.07, 6.45) is 1.74. The largest absolute Gasteiger partial charge is 0.508 e. The Kier molecular flexibility index (Phi) is 4.41. The van der Waals surface area contributed by atoms with Gasteiger partial charge >= 0.3 is 0 Å². The van der Waals surface area contributed by atoms with Crippen molar-refractivity contribution in [3.05, 3.63) is 29.6 Å². The minimum atomic E-state index is -0.374. The summed E-state index contributed by atoms with van der Waals surface area (Å²) in [4.78, 5) is 0. The molecule has 0 radical (unpaired) electrons. The molecule has 1 fully saturated rings. The summed E-state index contributed by atoms with van der Waals surface area (Å²) in [6.45, 7) is 7.19. The van der Waals surface area contributed by atoms with Gasteiger partial charge in [-0.3, -0.25) is 0 Å². The fourth-order valence-electron chi connectivity index (χ4n) is 2.37. The highest BCUT2D eigenvalue weighted by Crippen LogP contribution is 2.39. The molecule has 2 rings (SSSR count). The average molecular weight is 284 g/mol. The van der Waals surface area contributed by atoms with Crippen LogP contribution in [0, 0.1) is 5.82 Å². The Bertz CT molecular complexity index is 422. The van der Waals surface area contributed by atoms with Gasteiger partial charge < -0.3 is 9.84 Å². The first kappa shape index (κ1) is 14.7. The summed E-state index contributed by atoms with van der Waals surface area (Å²) >= 11 is 1.81. The van der Waals surface area contributed by atoms with Crippen LogP contribution >= 0.6 is 11.8 Å². The zero-order chi connectivity index (χ0) is 14.0. The smallest absolute Gasteiger partial charge is 0.127 e. The lowest BCUT2D eigenvalue weighted by Gasteiger charge is -2.33. The number of rotatable bonds is 2. The topological polar surface area (TPSA) is 29.5 Å². The van der Waals surface area contributed by atoms with Crippen molar-refractivity contribution in [3.63, 3.8) is 0 Å². The van der Waals surface area contributed by atoms with E-state index in [-0.39, 0.29) is 27.7 Å². The van der Waals surface area contributed by atoms with Gasteiger partial charge in [-0.2, -0.15) is 0 Å². The third-order valence-corrected chi connectivity index (χ3v) is 4.41. The number of halogens is 1. The van der Waals surface area contributed by atoms with Crippen molar-refractivity contribution in [1.29, 1.82) is 0 Å². The first-order valence-electron chi connectivity index (χ1n) is 6.62. The van der Waals surface area contributed by atoms with Crippen molar-refractivity contribution < 1.29 is 14.2 Å². The second kappa shape index (κ2) is 5.71. The second-order valence-electron chi connectivity index (χ2n) is 5.99. The first-order chi connectivity index (χ1) is 8.83. The van der Waals surface area contributed by atoms with Gasteiger partial charge in [-0.25, -0.2) is 4.39 Å². The zero-order valence-electron chi connectivity index (χ0n) is 11.6. The third kappa shape index (κ3) is 4.39. The zero-order valence-corrected chi connectivity index (χ0v) is 12.5. The van der Waals surface area contributed by atoms with Crippen LogP contribution in [0.4, 0.5) is 4.39 Å². The van der Waals surface area contributed by atoms with Crippen molar-refractivity contribution >= 4 is 11.8 Å². The highest BCUT2D eigenvalue weighted by atomic mass is 32.2. The summed E-state index contributed by atoms with van der Waals surface area (Å²) in [7, 11) is 0. The summed E-state index contributed by atoms with van der Waals surface area (Å²) in [5, 5.41) is 9.50. The molecule has 2 nitrogen and oxygen atoms in total. The predicted octanol–water partition coefficient (Wildman–Crippen LogP) is 4.28. The van der Waals surface area contributed by atoms with E-state index in [1.165, 1.54) is 6.07 Å². The molecule has 106 valence electrons. The van der Waals surface area contributed by atoms with Crippen LogP contribution in [0.2, 0.25) is 0 Å². The molecule has 1 aromatic carbocycles. The van der Waals surface area contributed by atoms with Crippen molar-refractivity contribution in [3.8, 4) is 5.75 Å². The van der Waals surface area contributed by atoms with Crippen molar-refractivity contribution in [2.75, 3.05) is 6.61 Å². The lowest BCUT2D eigenvalue weighted by atomic mass is 9.91. The quantitative estimate of drug-likeness (QED) is 0.879. The van der Waals surface area contributed by atoms with E-state index in [9.17, 15) is 9.50 Å². The van der Waals surface area contributed by atoms with E-state index in [1.54, 1.807) is 17.8 Å². The number of ether oxygens (including phenoxy) is 1. The SMILES string of the molecule is CC(C)(C)SC1CC(c2cc(O)cc(F)c2)CCO1. The van der Waals surface area contributed by atoms with Gasteiger partial charge in [-0.15, -0.1) is 11.8 Å². The molecule has 2 atom stereocenters. The first-order valence-corrected chi connectivity index (χ1v) is 7.50. The van der Waals surface area contributed by atoms with E-state index in [2.05, 4.69) is 20.8 Å². The molecule has 0 spiro atoms. The molecule has 1 aliphatic rings. The van der Waals surface area contributed by atoms with Gasteiger partial charge in [0, 0.05) is 17.4 Å². The van der Waals surface area contributed by atoms with E-state index < -0.39 is 0 Å². The van der Waals surface area contributed by atoms with Crippen LogP contribution in [0.25, 0.3) is 0 Å². The second-order valence-corrected chi connectivity index (χ2v) is 7.98. The van der Waals surface area contributed by atoms with E-state index in [0.29, 0.717) is 6.61 Å². The molecule has 19 heavy (non-hydrogen) atoms. The molecular formula is C15H21FO2S. The van der Waals surface area contributed by atoms with Crippen LogP contribution in [0.3, 0.4) is 0 Å². The summed E-state index contributed by atoms with van der Waals surface area (Å²) in [5.41, 5.74) is 1.02. The normalized spacial score (nSPS) is 24.4. The Hall–Kier alpha value is -0.740. The predicted molar refractivity (Wildman–Crippen MR) is 77.1 cm³/mol. The molecule has 1 aliphatic heterocycles. The van der Waals surface area contributed by atoms with Gasteiger partial charge in [-0.1, -0.05) is 20.8 Å². The van der Waals surface area contributed by atoms with Crippen LogP contribution in [-0.4, -0.2) is 21.9 Å². The Morgan fingerprint density at radius 3 is 2.68 bits per heavy atom. The maximum atomic E-state index is 13.4. The Labute approximate surface area is 118 Å². The molecule has 4 heteroatoms. The molecule has 1 heterocycles. The Morgan fingerprint density at radius 2 is 2.05 bits per heavy atom. The molecule has 1 aromatic rings. The Morgan fingerprint density at radius 1 is 1.32 bits per heavy atom. The lowest BCUT2D eigenvalue weighted by molar-refractivity contribution is 0.0610. The molecule has 0 bridgehead atoms. The number of thioether (sulfide) groups is 1. The van der Waals surface area contributed by atoms with Gasteiger partial charge in [0.2, 0.25) is 0 Å². The molecule has 0 saturated carbocycles. The van der Waals surface area contributed by atoms with Gasteiger partial charge in [0.25, 0.3) is 0 Å². The minimum Gasteiger partial charge on any atom is -0.508 e. The van der Waals surface area contributed by atoms with E-state index in [4.69, 9.17) is 4.74 Å². The van der Waals surface area contributed by atoms with Crippen LogP contribution in [0.5, 0.6) is 5.75 Å². The molecule has 1 N–H and O–H groups in total. The number of hydrogen-bond acceptors (Lipinski definition) is 3. The van der Waals surface area contributed by atoms with Gasteiger partial charge in [0.1, 0.15) is 17.0 Å². The van der Waals surface area contributed by atoms with Crippen molar-refractivity contribution in [2.45, 2.75) is 49.7 Å². The molecule has 0 aromatic heterocycles. The van der Waals surface area contributed by atoms with E-state index in [1.807, 2.05) is 0 Å². The number of aromatic hydroxyl groups is 1. The Balaban J connectivity index is 2.08. The van der Waals surface area contributed by atoms with Crippen molar-refractivity contribution in [2.24, 2.45) is 0 Å². The standard InChI is InChI=1S/C15H21FO2S/c1-15(2,3)19-14-8-10(4-5-18-14)11-6-12(16)9-13(17)7-11/h6-7,9-10,14,17H,4-5,8H2,1-3H3. The molecule has 0 aliphatic carbocycles. The maximum absolute atomic E-state index is 13.4. The van der Waals surface area contributed by atoms with E-state index >= 15 is 0 Å². The van der Waals surface area contributed by atoms with Crippen LogP contribution < -0.4 is 0 Å².